The van der Waals surface area contributed by atoms with Crippen LogP contribution in [0, 0.1) is 0 Å². The van der Waals surface area contributed by atoms with Gasteiger partial charge >= 0.3 is 0 Å². The molecule has 21 heavy (non-hydrogen) atoms. The summed E-state index contributed by atoms with van der Waals surface area (Å²) in [6.45, 7) is 0. The minimum absolute atomic E-state index is 0.167. The molecule has 0 saturated carbocycles. The zero-order valence-electron chi connectivity index (χ0n) is 11.4. The first-order valence-electron chi connectivity index (χ1n) is 6.75. The number of nitrogens with two attached hydrogens (primary N) is 1. The van der Waals surface area contributed by atoms with Gasteiger partial charge in [-0.15, -0.1) is 0 Å². The van der Waals surface area contributed by atoms with Crippen molar-refractivity contribution in [3.8, 4) is 11.1 Å². The van der Waals surface area contributed by atoms with E-state index < -0.39 is 0 Å². The highest BCUT2D eigenvalue weighted by atomic mass is 79.9. The summed E-state index contributed by atoms with van der Waals surface area (Å²) in [6.07, 6.45) is 3.56. The van der Waals surface area contributed by atoms with Gasteiger partial charge in [0, 0.05) is 16.9 Å². The molecular weight excluding hydrogens is 324 g/mol. The van der Waals surface area contributed by atoms with Crippen molar-refractivity contribution < 1.29 is 0 Å². The molecule has 1 heterocycles. The van der Waals surface area contributed by atoms with Crippen LogP contribution in [0.3, 0.4) is 0 Å². The number of rotatable bonds is 3. The molecule has 2 nitrogen and oxygen atoms in total. The lowest BCUT2D eigenvalue weighted by Crippen LogP contribution is -2.12. The first-order chi connectivity index (χ1) is 10.2. The molecule has 0 aliphatic rings. The van der Waals surface area contributed by atoms with Crippen molar-refractivity contribution in [3.63, 3.8) is 0 Å². The molecule has 3 aromatic rings. The van der Waals surface area contributed by atoms with E-state index in [0.29, 0.717) is 0 Å². The zero-order chi connectivity index (χ0) is 14.7. The van der Waals surface area contributed by atoms with Gasteiger partial charge in [0.15, 0.2) is 0 Å². The minimum atomic E-state index is -0.167. The molecule has 0 spiro atoms. The molecule has 0 amide bonds. The quantitative estimate of drug-likeness (QED) is 0.760. The van der Waals surface area contributed by atoms with E-state index in [0.717, 1.165) is 15.6 Å². The Balaban J connectivity index is 1.87. The lowest BCUT2D eigenvalue weighted by molar-refractivity contribution is 0.862. The van der Waals surface area contributed by atoms with Crippen LogP contribution >= 0.6 is 15.9 Å². The fraction of sp³-hybridized carbons (Fsp3) is 0.0556. The number of pyridine rings is 1. The lowest BCUT2D eigenvalue weighted by atomic mass is 9.98. The maximum absolute atomic E-state index is 6.31. The van der Waals surface area contributed by atoms with Gasteiger partial charge in [0.25, 0.3) is 0 Å². The van der Waals surface area contributed by atoms with Crippen LogP contribution in [0.5, 0.6) is 0 Å². The van der Waals surface area contributed by atoms with Crippen molar-refractivity contribution in [2.24, 2.45) is 5.73 Å². The maximum atomic E-state index is 6.31. The van der Waals surface area contributed by atoms with Crippen molar-refractivity contribution >= 4 is 15.9 Å². The third kappa shape index (κ3) is 3.20. The van der Waals surface area contributed by atoms with E-state index in [1.807, 2.05) is 24.3 Å². The Labute approximate surface area is 132 Å². The molecule has 0 bridgehead atoms. The Bertz CT molecular complexity index is 724. The second-order valence-corrected chi connectivity index (χ2v) is 5.82. The van der Waals surface area contributed by atoms with Crippen molar-refractivity contribution in [3.05, 3.63) is 88.7 Å². The van der Waals surface area contributed by atoms with Gasteiger partial charge in [-0.3, -0.25) is 4.98 Å². The summed E-state index contributed by atoms with van der Waals surface area (Å²) < 4.78 is 0.941. The van der Waals surface area contributed by atoms with Gasteiger partial charge in [-0.05, 0) is 44.3 Å². The van der Waals surface area contributed by atoms with Gasteiger partial charge < -0.3 is 5.73 Å². The highest BCUT2D eigenvalue weighted by Gasteiger charge is 2.09. The number of aromatic nitrogens is 1. The standard InChI is InChI=1S/C18H15BrN2/c19-17-10-16(11-21-12-17)18(20)15-8-6-14(7-9-15)13-4-2-1-3-5-13/h1-12,18H,20H2. The largest absolute Gasteiger partial charge is 0.320 e. The fourth-order valence-corrected chi connectivity index (χ4v) is 2.69. The molecule has 2 N–H and O–H groups in total. The number of hydrogen-bond acceptors (Lipinski definition) is 2. The van der Waals surface area contributed by atoms with E-state index in [1.165, 1.54) is 11.1 Å². The summed E-state index contributed by atoms with van der Waals surface area (Å²) in [5.74, 6) is 0. The van der Waals surface area contributed by atoms with Crippen LogP contribution in [0.15, 0.2) is 77.5 Å². The highest BCUT2D eigenvalue weighted by molar-refractivity contribution is 9.10. The van der Waals surface area contributed by atoms with Crippen LogP contribution in [-0.2, 0) is 0 Å². The van der Waals surface area contributed by atoms with E-state index in [2.05, 4.69) is 57.3 Å². The van der Waals surface area contributed by atoms with E-state index in [-0.39, 0.29) is 6.04 Å². The second kappa shape index (κ2) is 6.20. The molecule has 0 aliphatic heterocycles. The molecule has 1 aromatic heterocycles. The van der Waals surface area contributed by atoms with Gasteiger partial charge in [0.1, 0.15) is 0 Å². The molecular formula is C18H15BrN2. The molecule has 1 unspecified atom stereocenters. The number of halogens is 1. The van der Waals surface area contributed by atoms with Crippen molar-refractivity contribution in [2.45, 2.75) is 6.04 Å². The van der Waals surface area contributed by atoms with Crippen LogP contribution in [0.4, 0.5) is 0 Å². The Morgan fingerprint density at radius 3 is 2.14 bits per heavy atom. The van der Waals surface area contributed by atoms with Crippen LogP contribution in [-0.4, -0.2) is 4.98 Å². The van der Waals surface area contributed by atoms with Gasteiger partial charge in [-0.2, -0.15) is 0 Å². The Morgan fingerprint density at radius 2 is 1.48 bits per heavy atom. The van der Waals surface area contributed by atoms with Gasteiger partial charge in [-0.1, -0.05) is 54.6 Å². The molecule has 0 saturated heterocycles. The first-order valence-corrected chi connectivity index (χ1v) is 7.55. The molecule has 104 valence electrons. The van der Waals surface area contributed by atoms with Crippen molar-refractivity contribution in [1.29, 1.82) is 0 Å². The van der Waals surface area contributed by atoms with Gasteiger partial charge in [0.2, 0.25) is 0 Å². The molecule has 3 rings (SSSR count). The normalized spacial score (nSPS) is 12.1. The SMILES string of the molecule is NC(c1ccc(-c2ccccc2)cc1)c1cncc(Br)c1. The topological polar surface area (TPSA) is 38.9 Å². The second-order valence-electron chi connectivity index (χ2n) is 4.90. The van der Waals surface area contributed by atoms with E-state index in [4.69, 9.17) is 5.73 Å². The highest BCUT2D eigenvalue weighted by Crippen LogP contribution is 2.25. The molecule has 2 aromatic carbocycles. The smallest absolute Gasteiger partial charge is 0.0567 e. The van der Waals surface area contributed by atoms with Crippen molar-refractivity contribution in [2.75, 3.05) is 0 Å². The minimum Gasteiger partial charge on any atom is -0.320 e. The number of hydrogen-bond donors (Lipinski definition) is 1. The van der Waals surface area contributed by atoms with E-state index in [1.54, 1.807) is 12.4 Å². The molecule has 0 radical (unpaired) electrons. The molecule has 3 heteroatoms. The Morgan fingerprint density at radius 1 is 0.810 bits per heavy atom. The third-order valence-electron chi connectivity index (χ3n) is 3.46. The molecule has 1 atom stereocenters. The van der Waals surface area contributed by atoms with Crippen molar-refractivity contribution in [1.82, 2.24) is 4.98 Å². The summed E-state index contributed by atoms with van der Waals surface area (Å²) in [6, 6.07) is 20.5. The predicted molar refractivity (Wildman–Crippen MR) is 89.8 cm³/mol. The summed E-state index contributed by atoms with van der Waals surface area (Å²) >= 11 is 3.43. The third-order valence-corrected chi connectivity index (χ3v) is 3.90. The summed E-state index contributed by atoms with van der Waals surface area (Å²) in [4.78, 5) is 4.17. The van der Waals surface area contributed by atoms with Crippen LogP contribution in [0.1, 0.15) is 17.2 Å². The average Bonchev–Trinajstić information content (AvgIpc) is 2.55. The summed E-state index contributed by atoms with van der Waals surface area (Å²) in [5, 5.41) is 0. The fourth-order valence-electron chi connectivity index (χ4n) is 2.30. The van der Waals surface area contributed by atoms with Gasteiger partial charge in [-0.25, -0.2) is 0 Å². The monoisotopic (exact) mass is 338 g/mol. The summed E-state index contributed by atoms with van der Waals surface area (Å²) in [7, 11) is 0. The number of benzene rings is 2. The lowest BCUT2D eigenvalue weighted by Gasteiger charge is -2.13. The van der Waals surface area contributed by atoms with Crippen LogP contribution in [0.25, 0.3) is 11.1 Å². The number of nitrogens with zero attached hydrogens (tertiary/aromatic N) is 1. The predicted octanol–water partition coefficient (Wildman–Crippen LogP) is 4.56. The average molecular weight is 339 g/mol. The van der Waals surface area contributed by atoms with E-state index in [9.17, 15) is 0 Å². The first kappa shape index (κ1) is 14.0. The Hall–Kier alpha value is -1.97. The van der Waals surface area contributed by atoms with Crippen LogP contribution < -0.4 is 5.73 Å². The molecule has 0 fully saturated rings. The van der Waals surface area contributed by atoms with E-state index >= 15 is 0 Å². The Kier molecular flexibility index (Phi) is 4.13. The maximum Gasteiger partial charge on any atom is 0.0567 e. The van der Waals surface area contributed by atoms with Crippen LogP contribution in [0.2, 0.25) is 0 Å². The zero-order valence-corrected chi connectivity index (χ0v) is 13.0. The summed E-state index contributed by atoms with van der Waals surface area (Å²) in [5.41, 5.74) is 10.8. The molecule has 0 aliphatic carbocycles. The van der Waals surface area contributed by atoms with Gasteiger partial charge in [0.05, 0.1) is 6.04 Å².